The number of rotatable bonds is 7. The van der Waals surface area contributed by atoms with Crippen molar-refractivity contribution in [2.45, 2.75) is 33.6 Å². The molecule has 0 saturated heterocycles. The summed E-state index contributed by atoms with van der Waals surface area (Å²) in [6, 6.07) is 9.59. The molecule has 0 aromatic heterocycles. The maximum atomic E-state index is 11.6. The molecule has 1 aromatic rings. The molecule has 2 nitrogen and oxygen atoms in total. The summed E-state index contributed by atoms with van der Waals surface area (Å²) in [5.74, 6) is 0.998. The van der Waals surface area contributed by atoms with Crippen molar-refractivity contribution < 1.29 is 9.53 Å². The fourth-order valence-corrected chi connectivity index (χ4v) is 2.04. The van der Waals surface area contributed by atoms with Crippen LogP contribution in [0.25, 0.3) is 0 Å². The van der Waals surface area contributed by atoms with Gasteiger partial charge in [-0.05, 0) is 29.9 Å². The highest BCUT2D eigenvalue weighted by Gasteiger charge is 2.02. The minimum absolute atomic E-state index is 0.240. The molecule has 108 valence electrons. The standard InChI is InChI=1S/C18H24O2/c1-15(2)13-16(3)9-7-8-12-20-18(19)14-17-10-5-4-6-11-17/h4-12,15-16H,13-14H2,1-3H3/b9-7+,12-8+. The molecule has 0 spiro atoms. The van der Waals surface area contributed by atoms with E-state index in [2.05, 4.69) is 26.8 Å². The van der Waals surface area contributed by atoms with Gasteiger partial charge in [0.2, 0.25) is 0 Å². The largest absolute Gasteiger partial charge is 0.434 e. The van der Waals surface area contributed by atoms with Crippen LogP contribution in [0.4, 0.5) is 0 Å². The maximum absolute atomic E-state index is 11.6. The highest BCUT2D eigenvalue weighted by atomic mass is 16.5. The van der Waals surface area contributed by atoms with Crippen LogP contribution >= 0.6 is 0 Å². The van der Waals surface area contributed by atoms with Crippen LogP contribution in [0.5, 0.6) is 0 Å². The molecule has 0 aliphatic heterocycles. The fourth-order valence-electron chi connectivity index (χ4n) is 2.04. The van der Waals surface area contributed by atoms with Crippen molar-refractivity contribution in [2.24, 2.45) is 11.8 Å². The van der Waals surface area contributed by atoms with Gasteiger partial charge in [-0.1, -0.05) is 63.3 Å². The van der Waals surface area contributed by atoms with Crippen molar-refractivity contribution in [3.8, 4) is 0 Å². The van der Waals surface area contributed by atoms with Crippen LogP contribution < -0.4 is 0 Å². The number of ether oxygens (including phenoxy) is 1. The summed E-state index contributed by atoms with van der Waals surface area (Å²) >= 11 is 0. The van der Waals surface area contributed by atoms with E-state index in [0.29, 0.717) is 18.3 Å². The number of hydrogen-bond donors (Lipinski definition) is 0. The zero-order chi connectivity index (χ0) is 14.8. The minimum Gasteiger partial charge on any atom is -0.434 e. The molecule has 0 fully saturated rings. The van der Waals surface area contributed by atoms with Crippen molar-refractivity contribution in [2.75, 3.05) is 0 Å². The van der Waals surface area contributed by atoms with Gasteiger partial charge >= 0.3 is 5.97 Å². The number of carbonyl (C=O) groups is 1. The normalized spacial score (nSPS) is 13.2. The summed E-state index contributed by atoms with van der Waals surface area (Å²) in [5.41, 5.74) is 0.965. The van der Waals surface area contributed by atoms with Crippen molar-refractivity contribution in [3.63, 3.8) is 0 Å². The minimum atomic E-state index is -0.240. The Labute approximate surface area is 122 Å². The van der Waals surface area contributed by atoms with E-state index in [1.54, 1.807) is 6.08 Å². The van der Waals surface area contributed by atoms with E-state index in [0.717, 1.165) is 12.0 Å². The monoisotopic (exact) mass is 272 g/mol. The first-order chi connectivity index (χ1) is 9.58. The Balaban J connectivity index is 2.27. The Bertz CT molecular complexity index is 444. The summed E-state index contributed by atoms with van der Waals surface area (Å²) < 4.78 is 5.04. The summed E-state index contributed by atoms with van der Waals surface area (Å²) in [5, 5.41) is 0. The van der Waals surface area contributed by atoms with Gasteiger partial charge < -0.3 is 4.74 Å². The van der Waals surface area contributed by atoms with E-state index in [9.17, 15) is 4.79 Å². The van der Waals surface area contributed by atoms with Crippen LogP contribution in [0, 0.1) is 11.8 Å². The zero-order valence-electron chi connectivity index (χ0n) is 12.6. The lowest BCUT2D eigenvalue weighted by Gasteiger charge is -2.07. The molecule has 20 heavy (non-hydrogen) atoms. The number of benzene rings is 1. The molecule has 1 unspecified atom stereocenters. The zero-order valence-corrected chi connectivity index (χ0v) is 12.6. The second kappa shape index (κ2) is 9.13. The van der Waals surface area contributed by atoms with E-state index < -0.39 is 0 Å². The first-order valence-corrected chi connectivity index (χ1v) is 7.14. The Morgan fingerprint density at radius 3 is 2.50 bits per heavy atom. The van der Waals surface area contributed by atoms with Gasteiger partial charge in [-0.15, -0.1) is 0 Å². The van der Waals surface area contributed by atoms with Crippen molar-refractivity contribution >= 4 is 5.97 Å². The molecule has 1 aromatic carbocycles. The first kappa shape index (κ1) is 16.2. The lowest BCUT2D eigenvalue weighted by Crippen LogP contribution is -2.03. The molecule has 1 atom stereocenters. The van der Waals surface area contributed by atoms with E-state index in [1.807, 2.05) is 36.4 Å². The second-order valence-electron chi connectivity index (χ2n) is 5.47. The smallest absolute Gasteiger partial charge is 0.315 e. The number of esters is 1. The Morgan fingerprint density at radius 2 is 1.85 bits per heavy atom. The lowest BCUT2D eigenvalue weighted by atomic mass is 9.99. The number of allylic oxidation sites excluding steroid dienone is 3. The van der Waals surface area contributed by atoms with Crippen molar-refractivity contribution in [3.05, 3.63) is 60.4 Å². The van der Waals surface area contributed by atoms with Crippen LogP contribution in [-0.4, -0.2) is 5.97 Å². The Hall–Kier alpha value is -1.83. The van der Waals surface area contributed by atoms with E-state index in [1.165, 1.54) is 6.26 Å². The van der Waals surface area contributed by atoms with E-state index in [-0.39, 0.29) is 5.97 Å². The number of hydrogen-bond acceptors (Lipinski definition) is 2. The van der Waals surface area contributed by atoms with Gasteiger partial charge in [0.15, 0.2) is 0 Å². The average molecular weight is 272 g/mol. The molecule has 0 aliphatic rings. The topological polar surface area (TPSA) is 26.3 Å². The third-order valence-electron chi connectivity index (χ3n) is 2.86. The highest BCUT2D eigenvalue weighted by molar-refractivity contribution is 5.73. The van der Waals surface area contributed by atoms with Gasteiger partial charge in [-0.2, -0.15) is 0 Å². The molecule has 0 saturated carbocycles. The van der Waals surface area contributed by atoms with E-state index >= 15 is 0 Å². The summed E-state index contributed by atoms with van der Waals surface area (Å²) in [7, 11) is 0. The fraction of sp³-hybridized carbons (Fsp3) is 0.389. The molecule has 0 heterocycles. The second-order valence-corrected chi connectivity index (χ2v) is 5.47. The molecule has 0 amide bonds. The van der Waals surface area contributed by atoms with Crippen LogP contribution in [0.3, 0.4) is 0 Å². The molecular weight excluding hydrogens is 248 g/mol. The molecule has 0 N–H and O–H groups in total. The SMILES string of the molecule is CC(C)CC(C)/C=C/C=C/OC(=O)Cc1ccccc1. The van der Waals surface area contributed by atoms with Gasteiger partial charge in [0.1, 0.15) is 0 Å². The summed E-state index contributed by atoms with van der Waals surface area (Å²) in [6.45, 7) is 6.61. The third-order valence-corrected chi connectivity index (χ3v) is 2.86. The van der Waals surface area contributed by atoms with Crippen LogP contribution in [0.2, 0.25) is 0 Å². The average Bonchev–Trinajstić information content (AvgIpc) is 2.38. The lowest BCUT2D eigenvalue weighted by molar-refractivity contribution is -0.137. The van der Waals surface area contributed by atoms with E-state index in [4.69, 9.17) is 4.74 Å². The van der Waals surface area contributed by atoms with Gasteiger partial charge in [0, 0.05) is 0 Å². The highest BCUT2D eigenvalue weighted by Crippen LogP contribution is 2.11. The molecule has 0 aliphatic carbocycles. The Kier molecular flexibility index (Phi) is 7.41. The first-order valence-electron chi connectivity index (χ1n) is 7.14. The van der Waals surface area contributed by atoms with Gasteiger partial charge in [-0.3, -0.25) is 4.79 Å². The molecule has 0 bridgehead atoms. The maximum Gasteiger partial charge on any atom is 0.315 e. The van der Waals surface area contributed by atoms with Crippen LogP contribution in [-0.2, 0) is 16.0 Å². The van der Waals surface area contributed by atoms with Crippen molar-refractivity contribution in [1.82, 2.24) is 0 Å². The van der Waals surface area contributed by atoms with Crippen molar-refractivity contribution in [1.29, 1.82) is 0 Å². The molecule has 1 rings (SSSR count). The third kappa shape index (κ3) is 7.57. The van der Waals surface area contributed by atoms with Crippen LogP contribution in [0.1, 0.15) is 32.8 Å². The van der Waals surface area contributed by atoms with Gasteiger partial charge in [-0.25, -0.2) is 0 Å². The van der Waals surface area contributed by atoms with Crippen LogP contribution in [0.15, 0.2) is 54.8 Å². The summed E-state index contributed by atoms with van der Waals surface area (Å²) in [4.78, 5) is 11.6. The molecule has 0 radical (unpaired) electrons. The molecule has 2 heteroatoms. The van der Waals surface area contributed by atoms with Gasteiger partial charge in [0.25, 0.3) is 0 Å². The predicted octanol–water partition coefficient (Wildman–Crippen LogP) is 4.52. The predicted molar refractivity (Wildman–Crippen MR) is 83.1 cm³/mol. The summed E-state index contributed by atoms with van der Waals surface area (Å²) in [6.07, 6.45) is 8.74. The molecular formula is C18H24O2. The quantitative estimate of drug-likeness (QED) is 0.414. The number of carbonyl (C=O) groups excluding carboxylic acids is 1. The Morgan fingerprint density at radius 1 is 1.15 bits per heavy atom. The van der Waals surface area contributed by atoms with Gasteiger partial charge in [0.05, 0.1) is 12.7 Å².